The van der Waals surface area contributed by atoms with Gasteiger partial charge in [0.2, 0.25) is 0 Å². The van der Waals surface area contributed by atoms with Crippen molar-refractivity contribution in [1.82, 2.24) is 4.98 Å². The van der Waals surface area contributed by atoms with E-state index in [1.165, 1.54) is 13.0 Å². The summed E-state index contributed by atoms with van der Waals surface area (Å²) in [5.41, 5.74) is 1.32. The van der Waals surface area contributed by atoms with Crippen LogP contribution in [0.1, 0.15) is 31.7 Å². The van der Waals surface area contributed by atoms with Crippen LogP contribution >= 0.6 is 0 Å². The third kappa shape index (κ3) is 2.31. The van der Waals surface area contributed by atoms with Gasteiger partial charge < -0.3 is 0 Å². The number of nitro benzene ring substituents is 1. The van der Waals surface area contributed by atoms with Crippen molar-refractivity contribution in [2.75, 3.05) is 0 Å². The van der Waals surface area contributed by atoms with Gasteiger partial charge in [0, 0.05) is 18.2 Å². The van der Waals surface area contributed by atoms with Gasteiger partial charge in [-0.25, -0.2) is 0 Å². The third-order valence-electron chi connectivity index (χ3n) is 3.25. The maximum Gasteiger partial charge on any atom is 0.278 e. The van der Waals surface area contributed by atoms with E-state index in [-0.39, 0.29) is 17.4 Å². The quantitative estimate of drug-likeness (QED) is 0.623. The Morgan fingerprint density at radius 3 is 2.74 bits per heavy atom. The normalized spacial score (nSPS) is 12.3. The van der Waals surface area contributed by atoms with Gasteiger partial charge in [-0.15, -0.1) is 0 Å². The number of benzene rings is 1. The van der Waals surface area contributed by atoms with Crippen LogP contribution < -0.4 is 0 Å². The predicted molar refractivity (Wildman–Crippen MR) is 72.1 cm³/mol. The average Bonchev–Trinajstić information content (AvgIpc) is 2.39. The summed E-state index contributed by atoms with van der Waals surface area (Å²) >= 11 is 0. The van der Waals surface area contributed by atoms with Crippen LogP contribution in [0.25, 0.3) is 10.9 Å². The number of hydrogen-bond acceptors (Lipinski definition) is 4. The lowest BCUT2D eigenvalue weighted by atomic mass is 9.90. The number of carbonyl (C=O) groups is 1. The number of aromatic nitrogens is 1. The third-order valence-corrected chi connectivity index (χ3v) is 3.25. The lowest BCUT2D eigenvalue weighted by molar-refractivity contribution is -0.383. The summed E-state index contributed by atoms with van der Waals surface area (Å²) in [6, 6.07) is 6.42. The second-order valence-electron chi connectivity index (χ2n) is 4.40. The van der Waals surface area contributed by atoms with Gasteiger partial charge in [-0.3, -0.25) is 19.9 Å². The van der Waals surface area contributed by atoms with Crippen LogP contribution in [-0.4, -0.2) is 15.7 Å². The van der Waals surface area contributed by atoms with Crippen molar-refractivity contribution < 1.29 is 9.72 Å². The largest absolute Gasteiger partial charge is 0.299 e. The van der Waals surface area contributed by atoms with Crippen LogP contribution in [0.4, 0.5) is 5.69 Å². The number of rotatable bonds is 4. The van der Waals surface area contributed by atoms with Gasteiger partial charge in [0.25, 0.3) is 5.69 Å². The smallest absolute Gasteiger partial charge is 0.278 e. The van der Waals surface area contributed by atoms with Crippen LogP contribution in [0, 0.1) is 10.1 Å². The predicted octanol–water partition coefficient (Wildman–Crippen LogP) is 3.23. The highest BCUT2D eigenvalue weighted by molar-refractivity contribution is 5.95. The Hall–Kier alpha value is -2.30. The van der Waals surface area contributed by atoms with E-state index in [0.29, 0.717) is 17.3 Å². The first-order valence-corrected chi connectivity index (χ1v) is 6.08. The number of nitro groups is 1. The second-order valence-corrected chi connectivity index (χ2v) is 4.40. The van der Waals surface area contributed by atoms with Crippen molar-refractivity contribution in [1.29, 1.82) is 0 Å². The molecule has 2 rings (SSSR count). The summed E-state index contributed by atoms with van der Waals surface area (Å²) in [4.78, 5) is 26.5. The molecule has 5 heteroatoms. The highest BCUT2D eigenvalue weighted by Crippen LogP contribution is 2.32. The zero-order valence-electron chi connectivity index (χ0n) is 10.8. The van der Waals surface area contributed by atoms with Gasteiger partial charge in [0.1, 0.15) is 5.78 Å². The molecule has 1 aromatic heterocycles. The molecule has 0 aliphatic rings. The molecule has 0 bridgehead atoms. The maximum absolute atomic E-state index is 11.7. The fourth-order valence-corrected chi connectivity index (χ4v) is 2.35. The molecule has 0 saturated carbocycles. The van der Waals surface area contributed by atoms with Crippen LogP contribution in [0.15, 0.2) is 30.5 Å². The zero-order chi connectivity index (χ0) is 14.0. The van der Waals surface area contributed by atoms with Crippen LogP contribution in [-0.2, 0) is 4.79 Å². The standard InChI is InChI=1S/C14H14N2O3/c1-3-10(9(2)17)11-6-7-13(16(18)19)12-5-4-8-15-14(11)12/h4-8,10H,3H2,1-2H3. The van der Waals surface area contributed by atoms with E-state index >= 15 is 0 Å². The van der Waals surface area contributed by atoms with Gasteiger partial charge in [0.15, 0.2) is 0 Å². The molecule has 2 aromatic rings. The SMILES string of the molecule is CCC(C(C)=O)c1ccc([N+](=O)[O-])c2cccnc12. The fraction of sp³-hybridized carbons (Fsp3) is 0.286. The zero-order valence-corrected chi connectivity index (χ0v) is 10.8. The van der Waals surface area contributed by atoms with Crippen LogP contribution in [0.5, 0.6) is 0 Å². The molecule has 5 nitrogen and oxygen atoms in total. The van der Waals surface area contributed by atoms with Gasteiger partial charge in [-0.1, -0.05) is 6.92 Å². The summed E-state index contributed by atoms with van der Waals surface area (Å²) < 4.78 is 0. The second kappa shape index (κ2) is 5.14. The molecular weight excluding hydrogens is 244 g/mol. The summed E-state index contributed by atoms with van der Waals surface area (Å²) in [7, 11) is 0. The topological polar surface area (TPSA) is 73.1 Å². The van der Waals surface area contributed by atoms with Crippen molar-refractivity contribution >= 4 is 22.4 Å². The van der Waals surface area contributed by atoms with Gasteiger partial charge >= 0.3 is 0 Å². The number of pyridine rings is 1. The number of non-ortho nitro benzene ring substituents is 1. The molecule has 0 aliphatic carbocycles. The molecule has 1 unspecified atom stereocenters. The van der Waals surface area contributed by atoms with Crippen molar-refractivity contribution in [2.45, 2.75) is 26.2 Å². The number of nitrogens with zero attached hydrogens (tertiary/aromatic N) is 2. The highest BCUT2D eigenvalue weighted by atomic mass is 16.6. The Kier molecular flexibility index (Phi) is 3.55. The Morgan fingerprint density at radius 1 is 1.42 bits per heavy atom. The summed E-state index contributed by atoms with van der Waals surface area (Å²) in [6.07, 6.45) is 2.24. The number of ketones is 1. The monoisotopic (exact) mass is 258 g/mol. The fourth-order valence-electron chi connectivity index (χ4n) is 2.35. The molecule has 0 radical (unpaired) electrons. The molecular formula is C14H14N2O3. The number of hydrogen-bond donors (Lipinski definition) is 0. The van der Waals surface area contributed by atoms with Gasteiger partial charge in [-0.2, -0.15) is 0 Å². The molecule has 98 valence electrons. The maximum atomic E-state index is 11.7. The Labute approximate surface area is 110 Å². The molecule has 0 fully saturated rings. The summed E-state index contributed by atoms with van der Waals surface area (Å²) in [5, 5.41) is 11.5. The number of carbonyl (C=O) groups excluding carboxylic acids is 1. The minimum atomic E-state index is -0.428. The van der Waals surface area contributed by atoms with Crippen LogP contribution in [0.3, 0.4) is 0 Å². The van der Waals surface area contributed by atoms with Gasteiger partial charge in [-0.05, 0) is 37.1 Å². The van der Waals surface area contributed by atoms with E-state index in [1.807, 2.05) is 6.92 Å². The van der Waals surface area contributed by atoms with Crippen LogP contribution in [0.2, 0.25) is 0 Å². The molecule has 19 heavy (non-hydrogen) atoms. The molecule has 1 aromatic carbocycles. The molecule has 0 amide bonds. The molecule has 0 saturated heterocycles. The average molecular weight is 258 g/mol. The van der Waals surface area contributed by atoms with E-state index in [1.54, 1.807) is 24.4 Å². The number of fused-ring (bicyclic) bond motifs is 1. The minimum absolute atomic E-state index is 0.0188. The lowest BCUT2D eigenvalue weighted by Gasteiger charge is -2.13. The van der Waals surface area contributed by atoms with Crippen molar-refractivity contribution in [2.24, 2.45) is 0 Å². The lowest BCUT2D eigenvalue weighted by Crippen LogP contribution is -2.09. The van der Waals surface area contributed by atoms with Crippen molar-refractivity contribution in [3.05, 3.63) is 46.1 Å². The number of Topliss-reactive ketones (excluding diaryl/α,β-unsaturated/α-hetero) is 1. The molecule has 0 aliphatic heterocycles. The Morgan fingerprint density at radius 2 is 2.16 bits per heavy atom. The van der Waals surface area contributed by atoms with Gasteiger partial charge in [0.05, 0.1) is 15.8 Å². The van der Waals surface area contributed by atoms with E-state index in [9.17, 15) is 14.9 Å². The summed E-state index contributed by atoms with van der Waals surface area (Å²) in [6.45, 7) is 3.45. The van der Waals surface area contributed by atoms with E-state index in [2.05, 4.69) is 4.98 Å². The van der Waals surface area contributed by atoms with E-state index in [0.717, 1.165) is 5.56 Å². The first-order valence-electron chi connectivity index (χ1n) is 6.08. The Balaban J connectivity index is 2.75. The first-order chi connectivity index (χ1) is 9.06. The molecule has 0 spiro atoms. The Bertz CT molecular complexity index is 652. The first kappa shape index (κ1) is 13.1. The minimum Gasteiger partial charge on any atom is -0.299 e. The summed E-state index contributed by atoms with van der Waals surface area (Å²) in [5.74, 6) is -0.221. The van der Waals surface area contributed by atoms with E-state index < -0.39 is 4.92 Å². The molecule has 1 heterocycles. The van der Waals surface area contributed by atoms with E-state index in [4.69, 9.17) is 0 Å². The molecule has 0 N–H and O–H groups in total. The van der Waals surface area contributed by atoms with Crippen molar-refractivity contribution in [3.8, 4) is 0 Å². The molecule has 1 atom stereocenters. The van der Waals surface area contributed by atoms with Crippen molar-refractivity contribution in [3.63, 3.8) is 0 Å². The highest BCUT2D eigenvalue weighted by Gasteiger charge is 2.21.